The molecule has 1 aromatic carbocycles. The Morgan fingerprint density at radius 3 is 2.35 bits per heavy atom. The molecular formula is C17H18BrF3N2O3. The maximum Gasteiger partial charge on any atom is 0.416 e. The molecule has 2 unspecified atom stereocenters. The molecule has 0 amide bonds. The number of rotatable bonds is 4. The molecule has 9 heteroatoms. The smallest absolute Gasteiger partial charge is 0.416 e. The van der Waals surface area contributed by atoms with E-state index in [-0.39, 0.29) is 12.0 Å². The van der Waals surface area contributed by atoms with Gasteiger partial charge in [-0.1, -0.05) is 17.3 Å². The lowest BCUT2D eigenvalue weighted by Crippen LogP contribution is -2.42. The van der Waals surface area contributed by atoms with Crippen LogP contribution in [0.15, 0.2) is 29.4 Å². The number of carboxylic acid groups (broad SMARTS) is 1. The van der Waals surface area contributed by atoms with Crippen molar-refractivity contribution < 1.29 is 27.9 Å². The zero-order valence-electron chi connectivity index (χ0n) is 13.7. The minimum atomic E-state index is -4.44. The second-order valence-corrected chi connectivity index (χ2v) is 7.46. The highest BCUT2D eigenvalue weighted by Gasteiger charge is 2.36. The number of oxime groups is 1. The van der Waals surface area contributed by atoms with Gasteiger partial charge in [0.2, 0.25) is 0 Å². The quantitative estimate of drug-likeness (QED) is 0.776. The molecular weight excluding hydrogens is 417 g/mol. The number of benzene rings is 1. The molecule has 0 aromatic heterocycles. The first-order chi connectivity index (χ1) is 12.3. The molecule has 2 aliphatic heterocycles. The molecule has 2 aliphatic rings. The molecule has 0 saturated carbocycles. The second-order valence-electron chi connectivity index (χ2n) is 6.55. The Morgan fingerprint density at radius 2 is 1.88 bits per heavy atom. The fraction of sp³-hybridized carbons (Fsp3) is 0.529. The highest BCUT2D eigenvalue weighted by atomic mass is 79.9. The summed E-state index contributed by atoms with van der Waals surface area (Å²) in [7, 11) is 0. The molecule has 1 fully saturated rings. The molecule has 1 N–H and O–H groups in total. The summed E-state index contributed by atoms with van der Waals surface area (Å²) < 4.78 is 38.9. The number of nitrogens with zero attached hydrogens (tertiary/aromatic N) is 2. The summed E-state index contributed by atoms with van der Waals surface area (Å²) in [6.45, 7) is 1.08. The number of aliphatic carboxylic acids is 1. The number of likely N-dealkylation sites (tertiary alicyclic amines) is 1. The maximum atomic E-state index is 12.7. The fourth-order valence-corrected chi connectivity index (χ4v) is 3.93. The first-order valence-electron chi connectivity index (χ1n) is 8.28. The molecule has 0 aliphatic carbocycles. The zero-order valence-corrected chi connectivity index (χ0v) is 15.3. The fourth-order valence-electron chi connectivity index (χ4n) is 3.53. The van der Waals surface area contributed by atoms with E-state index in [0.29, 0.717) is 25.1 Å². The number of carbonyl (C=O) groups is 1. The van der Waals surface area contributed by atoms with Crippen LogP contribution in [0.1, 0.15) is 36.4 Å². The van der Waals surface area contributed by atoms with Crippen molar-refractivity contribution in [3.05, 3.63) is 35.4 Å². The highest BCUT2D eigenvalue weighted by molar-refractivity contribution is 9.18. The van der Waals surface area contributed by atoms with E-state index in [1.54, 1.807) is 4.90 Å². The van der Waals surface area contributed by atoms with Crippen molar-refractivity contribution in [2.24, 2.45) is 11.1 Å². The van der Waals surface area contributed by atoms with Crippen molar-refractivity contribution in [3.63, 3.8) is 0 Å². The average molecular weight is 435 g/mol. The van der Waals surface area contributed by atoms with Gasteiger partial charge < -0.3 is 9.94 Å². The summed E-state index contributed by atoms with van der Waals surface area (Å²) in [5, 5.41) is 13.5. The van der Waals surface area contributed by atoms with Crippen molar-refractivity contribution >= 4 is 26.5 Å². The van der Waals surface area contributed by atoms with Crippen LogP contribution in [0.4, 0.5) is 13.2 Å². The third-order valence-electron chi connectivity index (χ3n) is 4.91. The van der Waals surface area contributed by atoms with Crippen LogP contribution in [-0.4, -0.2) is 39.8 Å². The van der Waals surface area contributed by atoms with Crippen molar-refractivity contribution in [3.8, 4) is 0 Å². The zero-order chi connectivity index (χ0) is 18.9. The van der Waals surface area contributed by atoms with E-state index in [1.807, 2.05) is 0 Å². The Kier molecular flexibility index (Phi) is 5.57. The molecule has 1 aromatic rings. The Balaban J connectivity index is 1.67. The second kappa shape index (κ2) is 7.56. The predicted molar refractivity (Wildman–Crippen MR) is 92.0 cm³/mol. The highest BCUT2D eigenvalue weighted by Crippen LogP contribution is 2.34. The monoisotopic (exact) mass is 434 g/mol. The molecule has 26 heavy (non-hydrogen) atoms. The van der Waals surface area contributed by atoms with Gasteiger partial charge in [0.25, 0.3) is 0 Å². The van der Waals surface area contributed by atoms with E-state index in [9.17, 15) is 23.1 Å². The normalized spacial score (nSPS) is 23.4. The van der Waals surface area contributed by atoms with Crippen molar-refractivity contribution in [1.29, 1.82) is 0 Å². The van der Waals surface area contributed by atoms with Crippen LogP contribution in [0.3, 0.4) is 0 Å². The van der Waals surface area contributed by atoms with Gasteiger partial charge in [-0.25, -0.2) is 0 Å². The number of hydrogen-bond donors (Lipinski definition) is 1. The molecule has 1 saturated heterocycles. The molecule has 2 heterocycles. The molecule has 142 valence electrons. The van der Waals surface area contributed by atoms with Gasteiger partial charge in [-0.2, -0.15) is 13.2 Å². The van der Waals surface area contributed by atoms with E-state index >= 15 is 0 Å². The lowest BCUT2D eigenvalue weighted by molar-refractivity contribution is -0.144. The summed E-state index contributed by atoms with van der Waals surface area (Å²) in [5.74, 6) is -0.779. The molecule has 5 nitrogen and oxygen atoms in total. The Hall–Kier alpha value is -1.61. The van der Waals surface area contributed by atoms with Gasteiger partial charge in [0.05, 0.1) is 5.56 Å². The van der Waals surface area contributed by atoms with E-state index in [0.717, 1.165) is 29.6 Å². The largest absolute Gasteiger partial charge is 0.480 e. The summed E-state index contributed by atoms with van der Waals surface area (Å²) in [4.78, 5) is 18.9. The number of carboxylic acids is 1. The van der Waals surface area contributed by atoms with Gasteiger partial charge in [0.15, 0.2) is 0 Å². The van der Waals surface area contributed by atoms with Crippen LogP contribution in [0.5, 0.6) is 0 Å². The Bertz CT molecular complexity index is 685. The van der Waals surface area contributed by atoms with Gasteiger partial charge in [-0.05, 0) is 59.6 Å². The lowest BCUT2D eigenvalue weighted by atomic mass is 9.88. The maximum absolute atomic E-state index is 12.7. The van der Waals surface area contributed by atoms with Crippen molar-refractivity contribution in [1.82, 2.24) is 4.90 Å². The van der Waals surface area contributed by atoms with Crippen molar-refractivity contribution in [2.75, 3.05) is 13.1 Å². The first-order valence-corrected chi connectivity index (χ1v) is 9.07. The van der Waals surface area contributed by atoms with Gasteiger partial charge in [0.1, 0.15) is 16.8 Å². The van der Waals surface area contributed by atoms with Crippen LogP contribution in [0.2, 0.25) is 0 Å². The average Bonchev–Trinajstić information content (AvgIpc) is 3.01. The molecule has 0 spiro atoms. The number of halogens is 4. The Morgan fingerprint density at radius 1 is 1.27 bits per heavy atom. The van der Waals surface area contributed by atoms with Gasteiger partial charge in [0, 0.05) is 12.3 Å². The van der Waals surface area contributed by atoms with E-state index < -0.39 is 23.8 Å². The molecule has 3 rings (SSSR count). The Labute approximate surface area is 156 Å². The summed E-state index contributed by atoms with van der Waals surface area (Å²) in [6, 6.07) is 3.40. The van der Waals surface area contributed by atoms with Crippen LogP contribution in [0, 0.1) is 5.92 Å². The van der Waals surface area contributed by atoms with Gasteiger partial charge in [-0.15, -0.1) is 0 Å². The minimum absolute atomic E-state index is 0.000808. The molecule has 0 radical (unpaired) electrons. The number of piperidine rings is 1. The van der Waals surface area contributed by atoms with Crippen LogP contribution in [-0.2, 0) is 15.8 Å². The van der Waals surface area contributed by atoms with Crippen LogP contribution in [0.25, 0.3) is 0 Å². The van der Waals surface area contributed by atoms with Crippen LogP contribution < -0.4 is 0 Å². The van der Waals surface area contributed by atoms with E-state index in [1.165, 1.54) is 12.1 Å². The van der Waals surface area contributed by atoms with E-state index in [2.05, 4.69) is 21.1 Å². The van der Waals surface area contributed by atoms with E-state index in [4.69, 9.17) is 4.84 Å². The summed E-state index contributed by atoms with van der Waals surface area (Å²) >= 11 is 3.31. The standard InChI is InChI=1S/C17H18BrF3N2O3/c18-14-9-13(26-22-14)10-5-7-23(8-6-10)15(16(24)25)11-1-3-12(4-2-11)17(19,20)21/h1-4,10,13,15H,5-9H2,(H,24,25). The first kappa shape index (κ1) is 19.2. The number of hydrogen-bond acceptors (Lipinski definition) is 4. The van der Waals surface area contributed by atoms with Gasteiger partial charge >= 0.3 is 12.1 Å². The SMILES string of the molecule is O=C(O)C(c1ccc(C(F)(F)F)cc1)N1CCC(C2CC(Br)=NO2)CC1. The lowest BCUT2D eigenvalue weighted by Gasteiger charge is -2.37. The van der Waals surface area contributed by atoms with Crippen LogP contribution >= 0.6 is 15.9 Å². The predicted octanol–water partition coefficient (Wildman–Crippen LogP) is 4.04. The molecule has 2 atom stereocenters. The minimum Gasteiger partial charge on any atom is -0.480 e. The topological polar surface area (TPSA) is 62.1 Å². The number of alkyl halides is 3. The summed E-state index contributed by atoms with van der Waals surface area (Å²) in [6.07, 6.45) is -2.21. The third-order valence-corrected chi connectivity index (χ3v) is 5.38. The summed E-state index contributed by atoms with van der Waals surface area (Å²) in [5.41, 5.74) is -0.430. The van der Waals surface area contributed by atoms with Gasteiger partial charge in [-0.3, -0.25) is 9.69 Å². The molecule has 0 bridgehead atoms. The third kappa shape index (κ3) is 4.20. The van der Waals surface area contributed by atoms with Crippen molar-refractivity contribution in [2.45, 2.75) is 37.6 Å².